The largest absolute Gasteiger partial charge is 0.362 e. The summed E-state index contributed by atoms with van der Waals surface area (Å²) >= 11 is 0. The molecule has 7 nitrogen and oxygen atoms in total. The summed E-state index contributed by atoms with van der Waals surface area (Å²) in [5.41, 5.74) is 1.36. The average molecular weight is 232 g/mol. The molecule has 5 rings (SSSR count). The minimum atomic E-state index is -0.319. The number of fused-ring (bicyclic) bond motifs is 6. The highest BCUT2D eigenvalue weighted by atomic mass is 16.7. The summed E-state index contributed by atoms with van der Waals surface area (Å²) in [5, 5.41) is 8.14. The molecule has 86 valence electrons. The van der Waals surface area contributed by atoms with E-state index in [1.165, 1.54) is 6.07 Å². The fraction of sp³-hybridized carbons (Fsp3) is 0.500. The number of nitrogens with zero attached hydrogens (tertiary/aromatic N) is 4. The van der Waals surface area contributed by atoms with Crippen molar-refractivity contribution in [3.8, 4) is 0 Å². The fourth-order valence-electron chi connectivity index (χ4n) is 2.90. The molecule has 2 aromatic heterocycles. The Morgan fingerprint density at radius 1 is 1.29 bits per heavy atom. The first kappa shape index (κ1) is 8.37. The van der Waals surface area contributed by atoms with Gasteiger partial charge in [0.1, 0.15) is 23.8 Å². The molecule has 0 saturated carbocycles. The molecule has 3 aliphatic heterocycles. The van der Waals surface area contributed by atoms with Gasteiger partial charge in [-0.15, -0.1) is 5.10 Å². The molecular weight excluding hydrogens is 224 g/mol. The van der Waals surface area contributed by atoms with Gasteiger partial charge in [0.25, 0.3) is 5.56 Å². The molecule has 17 heavy (non-hydrogen) atoms. The smallest absolute Gasteiger partial charge is 0.254 e. The normalized spacial score (nSPS) is 36.9. The van der Waals surface area contributed by atoms with Gasteiger partial charge in [-0.2, -0.15) is 0 Å². The van der Waals surface area contributed by atoms with E-state index in [1.54, 1.807) is 15.3 Å². The number of hydrogen-bond donors (Lipinski definition) is 0. The Labute approximate surface area is 94.5 Å². The standard InChI is InChI=1S/C10H8N4O3/c15-6-2-1-4-9-13(12-11-4)3-5-7-8(17-7)10(16-5)14(6)9/h1-2,5,7-8,10H,3H2/t5-,7+,8?,10-/m1/s1. The number of epoxide rings is 1. The first-order chi connectivity index (χ1) is 8.33. The molecule has 1 unspecified atom stereocenters. The van der Waals surface area contributed by atoms with Crippen LogP contribution in [0.4, 0.5) is 0 Å². The van der Waals surface area contributed by atoms with Crippen LogP contribution in [0.1, 0.15) is 6.23 Å². The van der Waals surface area contributed by atoms with Crippen LogP contribution < -0.4 is 5.56 Å². The van der Waals surface area contributed by atoms with Gasteiger partial charge in [0.05, 0.1) is 6.54 Å². The lowest BCUT2D eigenvalue weighted by Crippen LogP contribution is -2.27. The quantitative estimate of drug-likeness (QED) is 0.560. The Morgan fingerprint density at radius 2 is 2.24 bits per heavy atom. The van der Waals surface area contributed by atoms with Gasteiger partial charge >= 0.3 is 0 Å². The second-order valence-corrected chi connectivity index (χ2v) is 4.65. The van der Waals surface area contributed by atoms with Crippen molar-refractivity contribution in [2.45, 2.75) is 31.1 Å². The van der Waals surface area contributed by atoms with Crippen LogP contribution in [0.25, 0.3) is 11.2 Å². The van der Waals surface area contributed by atoms with Crippen molar-refractivity contribution in [3.05, 3.63) is 22.5 Å². The zero-order valence-electron chi connectivity index (χ0n) is 8.68. The highest BCUT2D eigenvalue weighted by Crippen LogP contribution is 2.46. The van der Waals surface area contributed by atoms with Crippen LogP contribution in [0.2, 0.25) is 0 Å². The maximum Gasteiger partial charge on any atom is 0.254 e. The van der Waals surface area contributed by atoms with Gasteiger partial charge < -0.3 is 9.47 Å². The summed E-state index contributed by atoms with van der Waals surface area (Å²) in [6.07, 6.45) is -0.207. The van der Waals surface area contributed by atoms with Crippen LogP contribution in [0.5, 0.6) is 0 Å². The highest BCUT2D eigenvalue weighted by molar-refractivity contribution is 5.70. The fourth-order valence-corrected chi connectivity index (χ4v) is 2.90. The topological polar surface area (TPSA) is 74.5 Å². The molecule has 5 heterocycles. The minimum absolute atomic E-state index is 0.0193. The van der Waals surface area contributed by atoms with Crippen LogP contribution in [0, 0.1) is 0 Å². The van der Waals surface area contributed by atoms with Gasteiger partial charge in [0.15, 0.2) is 11.9 Å². The number of rotatable bonds is 0. The predicted molar refractivity (Wildman–Crippen MR) is 54.4 cm³/mol. The lowest BCUT2D eigenvalue weighted by Gasteiger charge is -2.15. The average Bonchev–Trinajstić information content (AvgIpc) is 2.94. The van der Waals surface area contributed by atoms with Crippen molar-refractivity contribution in [1.29, 1.82) is 0 Å². The first-order valence-electron chi connectivity index (χ1n) is 5.58. The second-order valence-electron chi connectivity index (χ2n) is 4.65. The SMILES string of the molecule is O=c1ccc2nnn3c2n1[C@@H]1O[C@H](C3)[C@@H]2OC21. The number of ether oxygens (including phenoxy) is 2. The maximum atomic E-state index is 12.0. The summed E-state index contributed by atoms with van der Waals surface area (Å²) in [6, 6.07) is 3.20. The van der Waals surface area contributed by atoms with Crippen molar-refractivity contribution in [2.24, 2.45) is 0 Å². The third-order valence-corrected chi connectivity index (χ3v) is 3.71. The predicted octanol–water partition coefficient (Wildman–Crippen LogP) is -0.729. The van der Waals surface area contributed by atoms with Gasteiger partial charge in [0.2, 0.25) is 0 Å². The van der Waals surface area contributed by atoms with E-state index in [1.807, 2.05) is 0 Å². The molecule has 0 amide bonds. The lowest BCUT2D eigenvalue weighted by molar-refractivity contribution is -0.0661. The Morgan fingerprint density at radius 3 is 3.18 bits per heavy atom. The molecule has 0 aliphatic carbocycles. The van der Waals surface area contributed by atoms with Crippen molar-refractivity contribution in [2.75, 3.05) is 0 Å². The van der Waals surface area contributed by atoms with Crippen LogP contribution >= 0.6 is 0 Å². The molecular formula is C10H8N4O3. The third kappa shape index (κ3) is 0.850. The van der Waals surface area contributed by atoms with E-state index < -0.39 is 0 Å². The van der Waals surface area contributed by atoms with E-state index in [4.69, 9.17) is 9.47 Å². The van der Waals surface area contributed by atoms with Gasteiger partial charge in [-0.1, -0.05) is 5.21 Å². The number of pyridine rings is 1. The Balaban J connectivity index is 1.95. The molecule has 7 heteroatoms. The Bertz CT molecular complexity index is 705. The minimum Gasteiger partial charge on any atom is -0.362 e. The maximum absolute atomic E-state index is 12.0. The molecule has 2 bridgehead atoms. The van der Waals surface area contributed by atoms with Gasteiger partial charge in [-0.05, 0) is 6.07 Å². The van der Waals surface area contributed by atoms with E-state index in [0.29, 0.717) is 6.54 Å². The Hall–Kier alpha value is -1.73. The van der Waals surface area contributed by atoms with Crippen LogP contribution in [-0.4, -0.2) is 37.9 Å². The number of aromatic nitrogens is 4. The first-order valence-corrected chi connectivity index (χ1v) is 5.58. The van der Waals surface area contributed by atoms with Crippen molar-refractivity contribution in [3.63, 3.8) is 0 Å². The van der Waals surface area contributed by atoms with Gasteiger partial charge in [-0.25, -0.2) is 4.68 Å². The van der Waals surface area contributed by atoms with Gasteiger partial charge in [0, 0.05) is 6.07 Å². The van der Waals surface area contributed by atoms with E-state index in [-0.39, 0.29) is 30.1 Å². The molecule has 4 atom stereocenters. The van der Waals surface area contributed by atoms with Crippen LogP contribution in [0.3, 0.4) is 0 Å². The van der Waals surface area contributed by atoms with E-state index in [9.17, 15) is 4.79 Å². The molecule has 0 radical (unpaired) electrons. The molecule has 0 N–H and O–H groups in total. The summed E-state index contributed by atoms with van der Waals surface area (Å²) in [6.45, 7) is 0.595. The lowest BCUT2D eigenvalue weighted by atomic mass is 10.2. The molecule has 0 aromatic carbocycles. The van der Waals surface area contributed by atoms with Gasteiger partial charge in [-0.3, -0.25) is 9.36 Å². The molecule has 0 spiro atoms. The zero-order valence-corrected chi connectivity index (χ0v) is 8.68. The van der Waals surface area contributed by atoms with Crippen molar-refractivity contribution >= 4 is 11.2 Å². The van der Waals surface area contributed by atoms with E-state index in [2.05, 4.69) is 10.3 Å². The summed E-state index contributed by atoms with van der Waals surface area (Å²) in [7, 11) is 0. The molecule has 2 saturated heterocycles. The summed E-state index contributed by atoms with van der Waals surface area (Å²) in [4.78, 5) is 12.0. The van der Waals surface area contributed by atoms with Crippen molar-refractivity contribution in [1.82, 2.24) is 19.6 Å². The van der Waals surface area contributed by atoms with Crippen LogP contribution in [-0.2, 0) is 16.0 Å². The van der Waals surface area contributed by atoms with E-state index >= 15 is 0 Å². The molecule has 3 aliphatic rings. The van der Waals surface area contributed by atoms with Crippen molar-refractivity contribution < 1.29 is 9.47 Å². The Kier molecular flexibility index (Phi) is 1.19. The van der Waals surface area contributed by atoms with Crippen LogP contribution in [0.15, 0.2) is 16.9 Å². The summed E-state index contributed by atoms with van der Waals surface area (Å²) < 4.78 is 14.7. The monoisotopic (exact) mass is 232 g/mol. The van der Waals surface area contributed by atoms with E-state index in [0.717, 1.165) is 11.2 Å². The third-order valence-electron chi connectivity index (χ3n) is 3.71. The number of hydrogen-bond acceptors (Lipinski definition) is 5. The second kappa shape index (κ2) is 2.41. The summed E-state index contributed by atoms with van der Waals surface area (Å²) in [5.74, 6) is 0. The molecule has 2 aromatic rings. The molecule has 2 fully saturated rings. The highest BCUT2D eigenvalue weighted by Gasteiger charge is 2.60. The zero-order chi connectivity index (χ0) is 11.1.